The van der Waals surface area contributed by atoms with Crippen molar-refractivity contribution in [3.63, 3.8) is 0 Å². The second-order valence-electron chi connectivity index (χ2n) is 11.4. The number of rotatable bonds is 7. The predicted molar refractivity (Wildman–Crippen MR) is 165 cm³/mol. The number of aromatic nitrogens is 1. The molecule has 4 unspecified atom stereocenters. The van der Waals surface area contributed by atoms with Crippen LogP contribution in [0.1, 0.15) is 64.8 Å². The summed E-state index contributed by atoms with van der Waals surface area (Å²) < 4.78 is 5.49. The number of hydrogen-bond acceptors (Lipinski definition) is 6. The molecule has 1 saturated heterocycles. The molecule has 1 N–H and O–H groups in total. The van der Waals surface area contributed by atoms with E-state index in [0.29, 0.717) is 71.6 Å². The molecular weight excluding hydrogens is 603 g/mol. The number of amides is 3. The van der Waals surface area contributed by atoms with Gasteiger partial charge >= 0.3 is 0 Å². The van der Waals surface area contributed by atoms with Crippen LogP contribution in [0, 0.1) is 5.92 Å². The number of nitrogens with zero attached hydrogens (tertiary/aromatic N) is 3. The van der Waals surface area contributed by atoms with Crippen molar-refractivity contribution in [2.24, 2.45) is 5.92 Å². The largest absolute Gasteiger partial charge is 0.378 e. The molecule has 1 saturated carbocycles. The van der Waals surface area contributed by atoms with Crippen molar-refractivity contribution in [1.82, 2.24) is 20.3 Å². The van der Waals surface area contributed by atoms with Crippen LogP contribution in [-0.4, -0.2) is 64.9 Å². The molecule has 3 aromatic rings. The van der Waals surface area contributed by atoms with Gasteiger partial charge in [-0.3, -0.25) is 24.2 Å². The van der Waals surface area contributed by atoms with Crippen LogP contribution in [0.5, 0.6) is 0 Å². The first kappa shape index (κ1) is 30.5. The van der Waals surface area contributed by atoms with Crippen molar-refractivity contribution in [2.75, 3.05) is 26.3 Å². The van der Waals surface area contributed by atoms with Gasteiger partial charge in [-0.1, -0.05) is 66.4 Å². The normalized spacial score (nSPS) is 23.6. The van der Waals surface area contributed by atoms with Crippen molar-refractivity contribution < 1.29 is 24.0 Å². The zero-order valence-corrected chi connectivity index (χ0v) is 25.7. The topological polar surface area (TPSA) is 101 Å². The van der Waals surface area contributed by atoms with E-state index in [1.165, 1.54) is 0 Å². The van der Waals surface area contributed by atoms with Crippen molar-refractivity contribution in [2.45, 2.75) is 50.3 Å². The van der Waals surface area contributed by atoms with E-state index < -0.39 is 29.8 Å². The Labute approximate surface area is 266 Å². The fourth-order valence-corrected chi connectivity index (χ4v) is 7.27. The van der Waals surface area contributed by atoms with Crippen molar-refractivity contribution in [1.29, 1.82) is 0 Å². The second kappa shape index (κ2) is 13.6. The third-order valence-corrected chi connectivity index (χ3v) is 9.35. The summed E-state index contributed by atoms with van der Waals surface area (Å²) in [5, 5.41) is 0.768. The average Bonchev–Trinajstić information content (AvgIpc) is 3.05. The van der Waals surface area contributed by atoms with Crippen LogP contribution in [0.4, 0.5) is 0 Å². The van der Waals surface area contributed by atoms with Gasteiger partial charge in [0.1, 0.15) is 6.61 Å². The number of fused-ring (bicyclic) bond motifs is 1. The van der Waals surface area contributed by atoms with Gasteiger partial charge in [0.15, 0.2) is 0 Å². The minimum absolute atomic E-state index is 0.0188. The molecule has 230 valence electrons. The van der Waals surface area contributed by atoms with E-state index in [1.54, 1.807) is 59.6 Å². The first-order valence-electron chi connectivity index (χ1n) is 15.0. The number of hydroxylamine groups is 1. The third kappa shape index (κ3) is 6.19. The van der Waals surface area contributed by atoms with Gasteiger partial charge in [0.05, 0.1) is 36.8 Å². The Hall–Kier alpha value is -3.50. The summed E-state index contributed by atoms with van der Waals surface area (Å²) in [5.74, 6) is -1.96. The van der Waals surface area contributed by atoms with Gasteiger partial charge in [0.2, 0.25) is 5.91 Å². The van der Waals surface area contributed by atoms with Gasteiger partial charge < -0.3 is 14.5 Å². The van der Waals surface area contributed by atoms with E-state index in [9.17, 15) is 14.4 Å². The number of pyridine rings is 1. The third-order valence-electron chi connectivity index (χ3n) is 8.79. The fourth-order valence-electron chi connectivity index (χ4n) is 6.75. The molecule has 2 aromatic carbocycles. The molecule has 4 atom stereocenters. The van der Waals surface area contributed by atoms with Crippen LogP contribution in [0.25, 0.3) is 0 Å². The molecule has 11 heteroatoms. The maximum absolute atomic E-state index is 14.5. The van der Waals surface area contributed by atoms with Crippen molar-refractivity contribution in [3.05, 3.63) is 99.3 Å². The average molecular weight is 638 g/mol. The number of nitrogens with one attached hydrogen (secondary N) is 1. The highest BCUT2D eigenvalue weighted by atomic mass is 35.5. The predicted octanol–water partition coefficient (Wildman–Crippen LogP) is 5.33. The van der Waals surface area contributed by atoms with Crippen molar-refractivity contribution >= 4 is 40.9 Å². The van der Waals surface area contributed by atoms with Crippen LogP contribution >= 0.6 is 23.2 Å². The highest BCUT2D eigenvalue weighted by Crippen LogP contribution is 2.48. The number of hydrogen-bond donors (Lipinski definition) is 1. The van der Waals surface area contributed by atoms with Crippen LogP contribution in [0.3, 0.4) is 0 Å². The van der Waals surface area contributed by atoms with Crippen LogP contribution in [-0.2, 0) is 25.8 Å². The molecule has 0 bridgehead atoms. The van der Waals surface area contributed by atoms with Gasteiger partial charge in [-0.25, -0.2) is 5.48 Å². The van der Waals surface area contributed by atoms with Crippen molar-refractivity contribution in [3.8, 4) is 0 Å². The Morgan fingerprint density at radius 1 is 0.977 bits per heavy atom. The lowest BCUT2D eigenvalue weighted by Crippen LogP contribution is -2.57. The number of carbonyl (C=O) groups excluding carboxylic acids is 3. The number of ether oxygens (including phenoxy) is 1. The zero-order chi connectivity index (χ0) is 30.6. The van der Waals surface area contributed by atoms with E-state index in [0.717, 1.165) is 12.8 Å². The van der Waals surface area contributed by atoms with Gasteiger partial charge in [0, 0.05) is 40.9 Å². The van der Waals surface area contributed by atoms with Crippen LogP contribution < -0.4 is 5.48 Å². The fraction of sp³-hybridized carbons (Fsp3) is 0.394. The van der Waals surface area contributed by atoms with Gasteiger partial charge in [-0.15, -0.1) is 0 Å². The molecule has 44 heavy (non-hydrogen) atoms. The lowest BCUT2D eigenvalue weighted by molar-refractivity contribution is -0.144. The molecule has 2 fully saturated rings. The summed E-state index contributed by atoms with van der Waals surface area (Å²) in [6, 6.07) is 16.4. The molecule has 1 aromatic heterocycles. The molecule has 6 rings (SSSR count). The molecule has 3 aliphatic rings. The summed E-state index contributed by atoms with van der Waals surface area (Å²) in [6.07, 6.45) is 4.67. The molecule has 9 nitrogen and oxygen atoms in total. The summed E-state index contributed by atoms with van der Waals surface area (Å²) in [7, 11) is 0. The highest BCUT2D eigenvalue weighted by molar-refractivity contribution is 6.35. The Morgan fingerprint density at radius 3 is 2.52 bits per heavy atom. The second-order valence-corrected chi connectivity index (χ2v) is 12.2. The van der Waals surface area contributed by atoms with Crippen LogP contribution in [0.2, 0.25) is 10.0 Å². The standard InChI is InChI=1S/C33H34Cl2N4O5/c34-21-12-13-25(27(35)19-21)30-29(31(40)37-44-20-22-7-5-6-14-36-22)23-8-1-2-9-24(23)33(42)39(30)28-11-4-3-10-26(28)32(41)38-15-17-43-18-16-38/h1-2,5-9,12-14,19,26,28-30H,3-4,10-11,15-18,20H2,(H,37,40). The zero-order valence-electron chi connectivity index (χ0n) is 24.2. The monoisotopic (exact) mass is 636 g/mol. The van der Waals surface area contributed by atoms with Gasteiger partial charge in [-0.05, 0) is 54.3 Å². The summed E-state index contributed by atoms with van der Waals surface area (Å²) >= 11 is 13.1. The number of morpholine rings is 1. The summed E-state index contributed by atoms with van der Waals surface area (Å²) in [4.78, 5) is 56.2. The maximum atomic E-state index is 14.5. The summed E-state index contributed by atoms with van der Waals surface area (Å²) in [6.45, 7) is 2.08. The molecule has 0 radical (unpaired) electrons. The number of carbonyl (C=O) groups is 3. The molecule has 0 spiro atoms. The minimum Gasteiger partial charge on any atom is -0.378 e. The highest BCUT2D eigenvalue weighted by Gasteiger charge is 2.50. The Bertz CT molecular complexity index is 1520. The maximum Gasteiger partial charge on any atom is 0.254 e. The molecule has 1 aliphatic carbocycles. The smallest absolute Gasteiger partial charge is 0.254 e. The Balaban J connectivity index is 1.42. The first-order chi connectivity index (χ1) is 21.4. The lowest BCUT2D eigenvalue weighted by atomic mass is 9.75. The van der Waals surface area contributed by atoms with E-state index in [1.807, 2.05) is 17.0 Å². The molecular formula is C33H34Cl2N4O5. The molecule has 3 heterocycles. The van der Waals surface area contributed by atoms with Gasteiger partial charge in [-0.2, -0.15) is 0 Å². The SMILES string of the molecule is O=C(NOCc1ccccn1)C1c2ccccc2C(=O)N(C2CCCCC2C(=O)N2CCOCC2)C1c1ccc(Cl)cc1Cl. The minimum atomic E-state index is -0.882. The molecule has 2 aliphatic heterocycles. The van der Waals surface area contributed by atoms with Gasteiger partial charge in [0.25, 0.3) is 11.8 Å². The Morgan fingerprint density at radius 2 is 1.75 bits per heavy atom. The quantitative estimate of drug-likeness (QED) is 0.352. The van der Waals surface area contributed by atoms with E-state index in [4.69, 9.17) is 32.8 Å². The van der Waals surface area contributed by atoms with E-state index >= 15 is 0 Å². The number of halogens is 2. The summed E-state index contributed by atoms with van der Waals surface area (Å²) in [5.41, 5.74) is 4.83. The molecule has 3 amide bonds. The van der Waals surface area contributed by atoms with E-state index in [2.05, 4.69) is 10.5 Å². The van der Waals surface area contributed by atoms with Crippen LogP contribution in [0.15, 0.2) is 66.9 Å². The Kier molecular flexibility index (Phi) is 9.47. The lowest BCUT2D eigenvalue weighted by Gasteiger charge is -2.49. The van der Waals surface area contributed by atoms with E-state index in [-0.39, 0.29) is 18.4 Å². The first-order valence-corrected chi connectivity index (χ1v) is 15.7. The number of benzene rings is 2.